The number of carboxylic acid groups (broad SMARTS) is 1. The van der Waals surface area contributed by atoms with E-state index < -0.39 is 5.97 Å². The lowest BCUT2D eigenvalue weighted by molar-refractivity contribution is -0.141. The molecule has 19 heavy (non-hydrogen) atoms. The molecule has 0 aromatic carbocycles. The van der Waals surface area contributed by atoms with Crippen LogP contribution in [0.25, 0.3) is 0 Å². The molecule has 1 saturated heterocycles. The van der Waals surface area contributed by atoms with E-state index in [4.69, 9.17) is 9.84 Å². The fourth-order valence-electron chi connectivity index (χ4n) is 2.79. The van der Waals surface area contributed by atoms with Crippen LogP contribution in [0.15, 0.2) is 0 Å². The monoisotopic (exact) mass is 270 g/mol. The third-order valence-corrected chi connectivity index (χ3v) is 4.00. The largest absolute Gasteiger partial charge is 0.481 e. The summed E-state index contributed by atoms with van der Waals surface area (Å²) in [7, 11) is 2.03. The molecule has 1 aliphatic carbocycles. The number of carbonyl (C=O) groups is 2. The van der Waals surface area contributed by atoms with E-state index in [1.54, 1.807) is 0 Å². The van der Waals surface area contributed by atoms with Crippen LogP contribution in [0.3, 0.4) is 0 Å². The van der Waals surface area contributed by atoms with Crippen LogP contribution in [0.4, 0.5) is 0 Å². The van der Waals surface area contributed by atoms with Crippen molar-refractivity contribution in [3.63, 3.8) is 0 Å². The Kier molecular flexibility index (Phi) is 4.76. The molecule has 0 bridgehead atoms. The van der Waals surface area contributed by atoms with Gasteiger partial charge >= 0.3 is 5.97 Å². The molecule has 108 valence electrons. The van der Waals surface area contributed by atoms with Gasteiger partial charge in [-0.2, -0.15) is 0 Å². The van der Waals surface area contributed by atoms with Crippen molar-refractivity contribution in [3.8, 4) is 0 Å². The number of nitrogens with zero attached hydrogens (tertiary/aromatic N) is 1. The van der Waals surface area contributed by atoms with Crippen LogP contribution in [-0.2, 0) is 14.3 Å². The molecule has 1 unspecified atom stereocenters. The van der Waals surface area contributed by atoms with Crippen molar-refractivity contribution < 1.29 is 19.4 Å². The number of hydrogen-bond donors (Lipinski definition) is 2. The molecule has 0 radical (unpaired) electrons. The zero-order valence-electron chi connectivity index (χ0n) is 11.3. The molecular weight excluding hydrogens is 248 g/mol. The second-order valence-electron chi connectivity index (χ2n) is 5.55. The van der Waals surface area contributed by atoms with Crippen molar-refractivity contribution in [3.05, 3.63) is 0 Å². The van der Waals surface area contributed by atoms with E-state index in [1.165, 1.54) is 0 Å². The average molecular weight is 270 g/mol. The van der Waals surface area contributed by atoms with E-state index >= 15 is 0 Å². The van der Waals surface area contributed by atoms with Gasteiger partial charge in [-0.1, -0.05) is 0 Å². The third-order valence-electron chi connectivity index (χ3n) is 4.00. The fraction of sp³-hybridized carbons (Fsp3) is 0.846. The van der Waals surface area contributed by atoms with Gasteiger partial charge in [-0.05, 0) is 26.3 Å². The fourth-order valence-corrected chi connectivity index (χ4v) is 2.79. The molecule has 3 atom stereocenters. The van der Waals surface area contributed by atoms with Crippen molar-refractivity contribution in [1.82, 2.24) is 10.2 Å². The van der Waals surface area contributed by atoms with Crippen molar-refractivity contribution in [2.75, 3.05) is 33.3 Å². The predicted octanol–water partition coefficient (Wildman–Crippen LogP) is -0.0659. The first kappa shape index (κ1) is 14.3. The molecule has 2 fully saturated rings. The number of amides is 1. The highest BCUT2D eigenvalue weighted by atomic mass is 16.5. The van der Waals surface area contributed by atoms with Gasteiger partial charge in [-0.3, -0.25) is 9.59 Å². The normalized spacial score (nSPS) is 32.2. The first-order chi connectivity index (χ1) is 9.06. The number of nitrogens with one attached hydrogen (secondary N) is 1. The zero-order valence-corrected chi connectivity index (χ0v) is 11.3. The molecule has 1 heterocycles. The molecule has 2 rings (SSSR count). The number of morpholine rings is 1. The second kappa shape index (κ2) is 6.34. The number of carbonyl (C=O) groups excluding carboxylic acids is 1. The molecule has 1 saturated carbocycles. The summed E-state index contributed by atoms with van der Waals surface area (Å²) in [6.45, 7) is 2.95. The Morgan fingerprint density at radius 2 is 2.11 bits per heavy atom. The van der Waals surface area contributed by atoms with Gasteiger partial charge in [0.25, 0.3) is 0 Å². The van der Waals surface area contributed by atoms with Gasteiger partial charge in [-0.15, -0.1) is 0 Å². The Labute approximate surface area is 113 Å². The number of likely N-dealkylation sites (N-methyl/N-ethyl adjacent to an activating group) is 1. The van der Waals surface area contributed by atoms with Crippen LogP contribution in [0, 0.1) is 11.8 Å². The summed E-state index contributed by atoms with van der Waals surface area (Å²) in [5.74, 6) is -1.32. The van der Waals surface area contributed by atoms with Crippen LogP contribution < -0.4 is 5.32 Å². The van der Waals surface area contributed by atoms with Gasteiger partial charge in [-0.25, -0.2) is 0 Å². The van der Waals surface area contributed by atoms with Gasteiger partial charge in [0.1, 0.15) is 0 Å². The maximum absolute atomic E-state index is 12.0. The summed E-state index contributed by atoms with van der Waals surface area (Å²) in [6.07, 6.45) is 1.79. The van der Waals surface area contributed by atoms with Gasteiger partial charge in [0.05, 0.1) is 18.6 Å². The summed E-state index contributed by atoms with van der Waals surface area (Å²) in [5, 5.41) is 11.8. The van der Waals surface area contributed by atoms with Crippen LogP contribution in [-0.4, -0.2) is 61.3 Å². The number of ether oxygens (including phenoxy) is 1. The number of aliphatic carboxylic acids is 1. The molecule has 1 amide bonds. The van der Waals surface area contributed by atoms with Crippen LogP contribution in [0.5, 0.6) is 0 Å². The van der Waals surface area contributed by atoms with E-state index in [9.17, 15) is 9.59 Å². The summed E-state index contributed by atoms with van der Waals surface area (Å²) in [4.78, 5) is 25.0. The molecule has 0 spiro atoms. The quantitative estimate of drug-likeness (QED) is 0.748. The van der Waals surface area contributed by atoms with E-state index in [0.717, 1.165) is 13.1 Å². The van der Waals surface area contributed by atoms with Crippen LogP contribution in [0.2, 0.25) is 0 Å². The zero-order chi connectivity index (χ0) is 13.8. The molecule has 0 aromatic rings. The highest BCUT2D eigenvalue weighted by Gasteiger charge is 2.34. The van der Waals surface area contributed by atoms with E-state index in [-0.39, 0.29) is 23.8 Å². The summed E-state index contributed by atoms with van der Waals surface area (Å²) < 4.78 is 5.57. The summed E-state index contributed by atoms with van der Waals surface area (Å²) in [6, 6.07) is 0. The van der Waals surface area contributed by atoms with Crippen LogP contribution >= 0.6 is 0 Å². The number of carboxylic acids is 1. The van der Waals surface area contributed by atoms with E-state index in [1.807, 2.05) is 7.05 Å². The predicted molar refractivity (Wildman–Crippen MR) is 68.7 cm³/mol. The molecule has 0 aromatic heterocycles. The minimum atomic E-state index is -0.785. The molecule has 6 heteroatoms. The Morgan fingerprint density at radius 1 is 1.37 bits per heavy atom. The maximum atomic E-state index is 12.0. The van der Waals surface area contributed by atoms with Gasteiger partial charge < -0.3 is 20.1 Å². The molecule has 1 aliphatic heterocycles. The average Bonchev–Trinajstić information content (AvgIpc) is 2.86. The molecule has 6 nitrogen and oxygen atoms in total. The van der Waals surface area contributed by atoms with Crippen molar-refractivity contribution in [1.29, 1.82) is 0 Å². The van der Waals surface area contributed by atoms with Gasteiger partial charge in [0.15, 0.2) is 0 Å². The van der Waals surface area contributed by atoms with Crippen molar-refractivity contribution >= 4 is 11.9 Å². The van der Waals surface area contributed by atoms with Gasteiger partial charge in [0.2, 0.25) is 5.91 Å². The summed E-state index contributed by atoms with van der Waals surface area (Å²) in [5.41, 5.74) is 0. The number of hydrogen-bond acceptors (Lipinski definition) is 4. The molecule has 2 N–H and O–H groups in total. The van der Waals surface area contributed by atoms with Crippen molar-refractivity contribution in [2.24, 2.45) is 11.8 Å². The third kappa shape index (κ3) is 3.91. The van der Waals surface area contributed by atoms with E-state index in [0.29, 0.717) is 32.4 Å². The Hall–Kier alpha value is -1.14. The minimum Gasteiger partial charge on any atom is -0.481 e. The Bertz CT molecular complexity index is 348. The first-order valence-corrected chi connectivity index (χ1v) is 6.87. The standard InChI is InChI=1S/C13H22N2O4/c1-15-4-5-19-11(8-15)7-14-12(16)9-2-3-10(6-9)13(17)18/h9-11H,2-8H2,1H3,(H,14,16)(H,17,18)/t9-,10+,11?/m1/s1. The Morgan fingerprint density at radius 3 is 2.74 bits per heavy atom. The van der Waals surface area contributed by atoms with E-state index in [2.05, 4.69) is 10.2 Å². The molecule has 2 aliphatic rings. The lowest BCUT2D eigenvalue weighted by Gasteiger charge is -2.30. The minimum absolute atomic E-state index is 0.0272. The lowest BCUT2D eigenvalue weighted by atomic mass is 10.0. The highest BCUT2D eigenvalue weighted by Crippen LogP contribution is 2.31. The molecular formula is C13H22N2O4. The van der Waals surface area contributed by atoms with Crippen molar-refractivity contribution in [2.45, 2.75) is 25.4 Å². The summed E-state index contributed by atoms with van der Waals surface area (Å²) >= 11 is 0. The number of rotatable bonds is 4. The van der Waals surface area contributed by atoms with Gasteiger partial charge in [0, 0.05) is 25.6 Å². The maximum Gasteiger partial charge on any atom is 0.306 e. The first-order valence-electron chi connectivity index (χ1n) is 6.87. The van der Waals surface area contributed by atoms with Crippen LogP contribution in [0.1, 0.15) is 19.3 Å². The smallest absolute Gasteiger partial charge is 0.306 e. The second-order valence-corrected chi connectivity index (χ2v) is 5.55. The lowest BCUT2D eigenvalue weighted by Crippen LogP contribution is -2.46. The topological polar surface area (TPSA) is 78.9 Å². The Balaban J connectivity index is 1.71. The SMILES string of the molecule is CN1CCOC(CNC(=O)[C@@H]2CC[C@H](C(=O)O)C2)C1. The highest BCUT2D eigenvalue weighted by molar-refractivity contribution is 5.80.